The Bertz CT molecular complexity index is 1450. The Labute approximate surface area is 268 Å². The van der Waals surface area contributed by atoms with Crippen molar-refractivity contribution in [2.75, 3.05) is 27.2 Å². The smallest absolute Gasteiger partial charge is 0.392 e. The normalized spacial score (nSPS) is 18.9. The van der Waals surface area contributed by atoms with Crippen molar-refractivity contribution in [1.29, 1.82) is 0 Å². The van der Waals surface area contributed by atoms with Crippen LogP contribution in [0.5, 0.6) is 0 Å². The molecule has 0 aromatic heterocycles. The van der Waals surface area contributed by atoms with E-state index in [9.17, 15) is 27.9 Å². The summed E-state index contributed by atoms with van der Waals surface area (Å²) >= 11 is 3.38. The first-order chi connectivity index (χ1) is 20.4. The number of nitrogens with one attached hydrogen (secondary N) is 1. The number of thioether (sulfide) groups is 1. The molecule has 0 radical (unpaired) electrons. The summed E-state index contributed by atoms with van der Waals surface area (Å²) in [6.07, 6.45) is -4.11. The summed E-state index contributed by atoms with van der Waals surface area (Å²) in [4.78, 5) is 32.5. The summed E-state index contributed by atoms with van der Waals surface area (Å²) in [5.41, 5.74) is 1.46. The number of aryl methyl sites for hydroxylation is 1. The van der Waals surface area contributed by atoms with Crippen molar-refractivity contribution in [1.82, 2.24) is 15.1 Å². The van der Waals surface area contributed by atoms with E-state index in [2.05, 4.69) is 27.9 Å². The van der Waals surface area contributed by atoms with E-state index in [0.29, 0.717) is 27.7 Å². The topological polar surface area (TPSA) is 72.9 Å². The van der Waals surface area contributed by atoms with Crippen LogP contribution in [0.3, 0.4) is 0 Å². The zero-order valence-corrected chi connectivity index (χ0v) is 27.2. The predicted molar refractivity (Wildman–Crippen MR) is 170 cm³/mol. The summed E-state index contributed by atoms with van der Waals surface area (Å²) in [5, 5.41) is 12.8. The molecule has 0 bridgehead atoms. The Kier molecular flexibility index (Phi) is 10.8. The lowest BCUT2D eigenvalue weighted by Crippen LogP contribution is -2.49. The molecule has 1 aliphatic heterocycles. The summed E-state index contributed by atoms with van der Waals surface area (Å²) in [6.45, 7) is 2.57. The lowest BCUT2D eigenvalue weighted by atomic mass is 9.90. The molecule has 1 fully saturated rings. The van der Waals surface area contributed by atoms with Crippen LogP contribution in [0.4, 0.5) is 13.2 Å². The van der Waals surface area contributed by atoms with Crippen molar-refractivity contribution in [2.45, 2.75) is 54.8 Å². The molecule has 0 spiro atoms. The van der Waals surface area contributed by atoms with E-state index in [0.717, 1.165) is 23.1 Å². The molecule has 0 saturated carbocycles. The van der Waals surface area contributed by atoms with Gasteiger partial charge in [-0.25, -0.2) is 0 Å². The zero-order chi connectivity index (χ0) is 31.4. The summed E-state index contributed by atoms with van der Waals surface area (Å²) in [7, 11) is 3.88. The largest absolute Gasteiger partial charge is 0.416 e. The number of rotatable bonds is 11. The standard InChI is InChI=1S/C32H35F3IN3O3S/c1-21-9-12-24(13-10-21)43-31(30(42)37-15-6-16-38(2)3)18-28(41)39(19-23-7-4-5-8-26(23)32(33,34)35)29(31)25-14-11-22(20-40)17-27(25)36/h4-5,7-14,17,29,40H,6,15-16,18-20H2,1-3H3,(H,37,42)/t29-,31-/m1/s1. The number of carbonyl (C=O) groups is 2. The molecular formula is C32H35F3IN3O3S. The highest BCUT2D eigenvalue weighted by atomic mass is 127. The van der Waals surface area contributed by atoms with Crippen molar-refractivity contribution < 1.29 is 27.9 Å². The minimum absolute atomic E-state index is 0.0436. The van der Waals surface area contributed by atoms with Gasteiger partial charge < -0.3 is 20.2 Å². The fraction of sp³-hybridized carbons (Fsp3) is 0.375. The first-order valence-corrected chi connectivity index (χ1v) is 15.8. The first kappa shape index (κ1) is 33.3. The Morgan fingerprint density at radius 2 is 1.84 bits per heavy atom. The number of amides is 2. The monoisotopic (exact) mass is 725 g/mol. The minimum atomic E-state index is -4.61. The van der Waals surface area contributed by atoms with Crippen LogP contribution in [0.25, 0.3) is 0 Å². The maximum absolute atomic E-state index is 14.3. The fourth-order valence-corrected chi connectivity index (χ4v) is 7.63. The summed E-state index contributed by atoms with van der Waals surface area (Å²) in [6, 6.07) is 17.2. The molecule has 2 N–H and O–H groups in total. The molecule has 6 nitrogen and oxygen atoms in total. The lowest BCUT2D eigenvalue weighted by Gasteiger charge is -2.37. The SMILES string of the molecule is Cc1ccc(S[C@]2(C(=O)NCCCN(C)C)CC(=O)N(Cc3ccccc3C(F)(F)F)[C@@H]2c2ccc(CO)cc2I)cc1. The number of likely N-dealkylation sites (tertiary alicyclic amines) is 1. The number of benzene rings is 3. The van der Waals surface area contributed by atoms with E-state index in [-0.39, 0.29) is 31.0 Å². The van der Waals surface area contributed by atoms with E-state index >= 15 is 0 Å². The molecule has 3 aromatic carbocycles. The van der Waals surface area contributed by atoms with Crippen LogP contribution >= 0.6 is 34.4 Å². The molecule has 1 heterocycles. The molecule has 1 saturated heterocycles. The molecule has 2 amide bonds. The van der Waals surface area contributed by atoms with Crippen LogP contribution in [0.2, 0.25) is 0 Å². The summed E-state index contributed by atoms with van der Waals surface area (Å²) in [5.74, 6) is -0.754. The van der Waals surface area contributed by atoms with Gasteiger partial charge >= 0.3 is 6.18 Å². The number of aliphatic hydroxyl groups excluding tert-OH is 1. The average Bonchev–Trinajstić information content (AvgIpc) is 3.22. The molecule has 0 unspecified atom stereocenters. The van der Waals surface area contributed by atoms with Gasteiger partial charge in [0.2, 0.25) is 11.8 Å². The van der Waals surface area contributed by atoms with E-state index in [1.807, 2.05) is 50.2 Å². The second-order valence-electron chi connectivity index (χ2n) is 11.0. The van der Waals surface area contributed by atoms with Crippen molar-refractivity contribution >= 4 is 46.2 Å². The maximum Gasteiger partial charge on any atom is 0.416 e. The second kappa shape index (κ2) is 14.0. The number of hydrogen-bond donors (Lipinski definition) is 2. The van der Waals surface area contributed by atoms with Gasteiger partial charge in [0.25, 0.3) is 0 Å². The molecule has 230 valence electrons. The third kappa shape index (κ3) is 7.73. The predicted octanol–water partition coefficient (Wildman–Crippen LogP) is 6.18. The molecule has 1 aliphatic rings. The lowest BCUT2D eigenvalue weighted by molar-refractivity contribution is -0.139. The molecular weight excluding hydrogens is 690 g/mol. The zero-order valence-electron chi connectivity index (χ0n) is 24.2. The van der Waals surface area contributed by atoms with Crippen LogP contribution in [-0.4, -0.2) is 58.7 Å². The first-order valence-electron chi connectivity index (χ1n) is 13.9. The molecule has 4 rings (SSSR count). The van der Waals surface area contributed by atoms with Crippen LogP contribution in [0, 0.1) is 10.5 Å². The van der Waals surface area contributed by atoms with E-state index in [4.69, 9.17) is 0 Å². The van der Waals surface area contributed by atoms with Crippen LogP contribution in [0.15, 0.2) is 71.6 Å². The van der Waals surface area contributed by atoms with Crippen molar-refractivity contribution in [2.24, 2.45) is 0 Å². The van der Waals surface area contributed by atoms with Gasteiger partial charge in [-0.2, -0.15) is 13.2 Å². The molecule has 11 heteroatoms. The third-order valence-corrected chi connectivity index (χ3v) is 9.83. The Balaban J connectivity index is 1.86. The molecule has 2 atom stereocenters. The van der Waals surface area contributed by atoms with Crippen molar-refractivity contribution in [3.05, 3.63) is 98.1 Å². The van der Waals surface area contributed by atoms with Gasteiger partial charge in [0.1, 0.15) is 4.75 Å². The van der Waals surface area contributed by atoms with Crippen LogP contribution in [-0.2, 0) is 28.9 Å². The molecule has 3 aromatic rings. The Hall–Kier alpha value is -2.61. The third-order valence-electron chi connectivity index (χ3n) is 7.47. The molecule has 0 aliphatic carbocycles. The number of aliphatic hydroxyl groups is 1. The van der Waals surface area contributed by atoms with Gasteiger partial charge in [-0.1, -0.05) is 48.0 Å². The van der Waals surface area contributed by atoms with Gasteiger partial charge in [0.05, 0.1) is 24.6 Å². The quantitative estimate of drug-likeness (QED) is 0.183. The van der Waals surface area contributed by atoms with E-state index in [1.54, 1.807) is 18.2 Å². The number of hydrogen-bond acceptors (Lipinski definition) is 5. The van der Waals surface area contributed by atoms with Crippen molar-refractivity contribution in [3.8, 4) is 0 Å². The number of alkyl halides is 3. The van der Waals surface area contributed by atoms with Crippen LogP contribution < -0.4 is 5.32 Å². The highest BCUT2D eigenvalue weighted by molar-refractivity contribution is 14.1. The maximum atomic E-state index is 14.3. The minimum Gasteiger partial charge on any atom is -0.392 e. The van der Waals surface area contributed by atoms with Gasteiger partial charge in [-0.05, 0) is 97.5 Å². The summed E-state index contributed by atoms with van der Waals surface area (Å²) < 4.78 is 41.4. The Morgan fingerprint density at radius 3 is 2.47 bits per heavy atom. The number of nitrogens with zero attached hydrogens (tertiary/aromatic N) is 2. The number of halogens is 4. The van der Waals surface area contributed by atoms with Gasteiger partial charge in [0, 0.05) is 21.6 Å². The van der Waals surface area contributed by atoms with Crippen molar-refractivity contribution in [3.63, 3.8) is 0 Å². The highest BCUT2D eigenvalue weighted by Crippen LogP contribution is 2.54. The van der Waals surface area contributed by atoms with Crippen LogP contribution in [0.1, 0.15) is 46.7 Å². The highest BCUT2D eigenvalue weighted by Gasteiger charge is 2.58. The second-order valence-corrected chi connectivity index (χ2v) is 13.6. The van der Waals surface area contributed by atoms with Gasteiger partial charge in [-0.3, -0.25) is 9.59 Å². The van der Waals surface area contributed by atoms with Gasteiger partial charge in [-0.15, -0.1) is 11.8 Å². The van der Waals surface area contributed by atoms with E-state index in [1.165, 1.54) is 34.9 Å². The van der Waals surface area contributed by atoms with Gasteiger partial charge in [0.15, 0.2) is 0 Å². The fourth-order valence-electron chi connectivity index (χ4n) is 5.33. The Morgan fingerprint density at radius 1 is 1.14 bits per heavy atom. The average molecular weight is 726 g/mol. The van der Waals surface area contributed by atoms with E-state index < -0.39 is 28.4 Å². The number of carbonyl (C=O) groups excluding carboxylic acids is 2. The molecule has 43 heavy (non-hydrogen) atoms.